The van der Waals surface area contributed by atoms with E-state index in [1.807, 2.05) is 0 Å². The molecule has 1 saturated heterocycles. The van der Waals surface area contributed by atoms with Gasteiger partial charge in [0.05, 0.1) is 0 Å². The van der Waals surface area contributed by atoms with E-state index in [1.165, 1.54) is 12.1 Å². The Morgan fingerprint density at radius 2 is 1.81 bits per heavy atom. The van der Waals surface area contributed by atoms with Gasteiger partial charge in [-0.2, -0.15) is 0 Å². The van der Waals surface area contributed by atoms with Crippen molar-refractivity contribution in [1.29, 1.82) is 0 Å². The van der Waals surface area contributed by atoms with Crippen LogP contribution in [-0.2, 0) is 16.1 Å². The molecule has 0 aliphatic carbocycles. The molecule has 1 aliphatic heterocycles. The van der Waals surface area contributed by atoms with Crippen LogP contribution in [0.15, 0.2) is 18.2 Å². The lowest BCUT2D eigenvalue weighted by Gasteiger charge is -2.47. The smallest absolute Gasteiger partial charge is 0.248 e. The molecule has 0 aromatic heterocycles. The highest BCUT2D eigenvalue weighted by Crippen LogP contribution is 2.28. The Morgan fingerprint density at radius 1 is 1.19 bits per heavy atom. The van der Waals surface area contributed by atoms with Crippen molar-refractivity contribution in [3.63, 3.8) is 0 Å². The number of aryl methyl sites for hydroxylation is 1. The third kappa shape index (κ3) is 2.64. The highest BCUT2D eigenvalue weighted by Gasteiger charge is 2.49. The van der Waals surface area contributed by atoms with Gasteiger partial charge >= 0.3 is 0 Å². The zero-order valence-electron chi connectivity index (χ0n) is 13.1. The van der Waals surface area contributed by atoms with Crippen molar-refractivity contribution in [3.8, 4) is 0 Å². The molecule has 1 fully saturated rings. The summed E-state index contributed by atoms with van der Waals surface area (Å²) < 4.78 is 13.2. The molecule has 1 aliphatic rings. The van der Waals surface area contributed by atoms with E-state index in [9.17, 15) is 14.0 Å². The number of carbonyl (C=O) groups excluding carboxylic acids is 2. The Morgan fingerprint density at radius 3 is 2.38 bits per heavy atom. The molecule has 21 heavy (non-hydrogen) atoms. The van der Waals surface area contributed by atoms with E-state index in [2.05, 4.69) is 5.32 Å². The molecule has 4 nitrogen and oxygen atoms in total. The van der Waals surface area contributed by atoms with Crippen LogP contribution in [0.5, 0.6) is 0 Å². The average molecular weight is 292 g/mol. The van der Waals surface area contributed by atoms with Crippen LogP contribution in [0.3, 0.4) is 0 Å². The number of carbonyl (C=O) groups is 2. The molecule has 1 aromatic carbocycles. The molecule has 1 heterocycles. The van der Waals surface area contributed by atoms with Crippen LogP contribution >= 0.6 is 0 Å². The maximum atomic E-state index is 13.2. The number of benzene rings is 1. The number of nitrogens with zero attached hydrogens (tertiary/aromatic N) is 1. The molecule has 0 unspecified atom stereocenters. The maximum absolute atomic E-state index is 13.2. The number of hydrogen-bond acceptors (Lipinski definition) is 2. The molecule has 1 aromatic rings. The molecule has 5 heteroatoms. The predicted octanol–water partition coefficient (Wildman–Crippen LogP) is 2.15. The second-order valence-electron chi connectivity index (χ2n) is 6.60. The minimum Gasteiger partial charge on any atom is -0.340 e. The van der Waals surface area contributed by atoms with Crippen LogP contribution in [0.1, 0.15) is 38.8 Å². The van der Waals surface area contributed by atoms with E-state index >= 15 is 0 Å². The van der Waals surface area contributed by atoms with Gasteiger partial charge < -0.3 is 10.2 Å². The highest BCUT2D eigenvalue weighted by molar-refractivity contribution is 6.01. The number of rotatable bonds is 2. The Bertz CT molecular complexity index is 608. The van der Waals surface area contributed by atoms with Gasteiger partial charge in [0.1, 0.15) is 16.9 Å². The standard InChI is InChI=1S/C16H21FN2O2/c1-10-8-12(17)7-6-11(10)9-19-14(21)15(2,3)18-13(20)16(19,4)5/h6-8H,9H2,1-5H3,(H,18,20). The minimum atomic E-state index is -0.937. The second-order valence-corrected chi connectivity index (χ2v) is 6.60. The first-order valence-corrected chi connectivity index (χ1v) is 6.95. The first-order chi connectivity index (χ1) is 9.55. The van der Waals surface area contributed by atoms with Gasteiger partial charge in [0.15, 0.2) is 0 Å². The highest BCUT2D eigenvalue weighted by atomic mass is 19.1. The second kappa shape index (κ2) is 4.83. The summed E-state index contributed by atoms with van der Waals surface area (Å²) in [6.45, 7) is 8.89. The molecule has 0 atom stereocenters. The summed E-state index contributed by atoms with van der Waals surface area (Å²) in [5.74, 6) is -0.638. The average Bonchev–Trinajstić information content (AvgIpc) is 2.34. The van der Waals surface area contributed by atoms with Crippen LogP contribution in [0.2, 0.25) is 0 Å². The molecule has 0 bridgehead atoms. The largest absolute Gasteiger partial charge is 0.340 e. The van der Waals surface area contributed by atoms with E-state index in [4.69, 9.17) is 0 Å². The fourth-order valence-electron chi connectivity index (χ4n) is 2.48. The van der Waals surface area contributed by atoms with Gasteiger partial charge in [-0.05, 0) is 57.9 Å². The molecule has 0 radical (unpaired) electrons. The van der Waals surface area contributed by atoms with E-state index in [-0.39, 0.29) is 24.2 Å². The van der Waals surface area contributed by atoms with Gasteiger partial charge in [-0.1, -0.05) is 6.07 Å². The fourth-order valence-corrected chi connectivity index (χ4v) is 2.48. The van der Waals surface area contributed by atoms with Gasteiger partial charge in [0.2, 0.25) is 11.8 Å². The van der Waals surface area contributed by atoms with E-state index in [1.54, 1.807) is 45.6 Å². The summed E-state index contributed by atoms with van der Waals surface area (Å²) in [5.41, 5.74) is -0.265. The summed E-state index contributed by atoms with van der Waals surface area (Å²) in [6, 6.07) is 4.46. The lowest BCUT2D eigenvalue weighted by Crippen LogP contribution is -2.71. The molecular formula is C16H21FN2O2. The van der Waals surface area contributed by atoms with Gasteiger partial charge in [0.25, 0.3) is 0 Å². The van der Waals surface area contributed by atoms with Crippen molar-refractivity contribution in [2.75, 3.05) is 0 Å². The SMILES string of the molecule is Cc1cc(F)ccc1CN1C(=O)C(C)(C)NC(=O)C1(C)C. The lowest BCUT2D eigenvalue weighted by molar-refractivity contribution is -0.160. The predicted molar refractivity (Wildman–Crippen MR) is 78.0 cm³/mol. The third-order valence-electron chi connectivity index (χ3n) is 4.07. The Hall–Kier alpha value is -1.91. The summed E-state index contributed by atoms with van der Waals surface area (Å²) in [4.78, 5) is 26.4. The minimum absolute atomic E-state index is 0.143. The molecule has 2 amide bonds. The summed E-state index contributed by atoms with van der Waals surface area (Å²) in [6.07, 6.45) is 0. The van der Waals surface area contributed by atoms with Crippen molar-refractivity contribution in [2.24, 2.45) is 0 Å². The molecule has 0 saturated carbocycles. The van der Waals surface area contributed by atoms with Crippen molar-refractivity contribution in [3.05, 3.63) is 35.1 Å². The topological polar surface area (TPSA) is 49.4 Å². The van der Waals surface area contributed by atoms with E-state index in [0.717, 1.165) is 11.1 Å². The van der Waals surface area contributed by atoms with Gasteiger partial charge in [-0.25, -0.2) is 4.39 Å². The molecule has 2 rings (SSSR count). The normalized spacial score (nSPS) is 20.4. The first-order valence-electron chi connectivity index (χ1n) is 6.95. The summed E-state index contributed by atoms with van der Waals surface area (Å²) in [7, 11) is 0. The number of amides is 2. The van der Waals surface area contributed by atoms with Crippen LogP contribution in [0.4, 0.5) is 4.39 Å². The monoisotopic (exact) mass is 292 g/mol. The molecule has 1 N–H and O–H groups in total. The summed E-state index contributed by atoms with van der Waals surface area (Å²) >= 11 is 0. The number of nitrogens with one attached hydrogen (secondary N) is 1. The van der Waals surface area contributed by atoms with E-state index < -0.39 is 11.1 Å². The Labute approximate surface area is 124 Å². The third-order valence-corrected chi connectivity index (χ3v) is 4.07. The van der Waals surface area contributed by atoms with Crippen molar-refractivity contribution in [2.45, 2.75) is 52.2 Å². The van der Waals surface area contributed by atoms with Crippen molar-refractivity contribution < 1.29 is 14.0 Å². The zero-order valence-corrected chi connectivity index (χ0v) is 13.1. The van der Waals surface area contributed by atoms with Crippen molar-refractivity contribution in [1.82, 2.24) is 10.2 Å². The lowest BCUT2D eigenvalue weighted by atomic mass is 9.89. The number of piperazine rings is 1. The molecule has 114 valence electrons. The first kappa shape index (κ1) is 15.5. The van der Waals surface area contributed by atoms with Crippen LogP contribution in [0, 0.1) is 12.7 Å². The number of halogens is 1. The van der Waals surface area contributed by atoms with Gasteiger partial charge in [-0.3, -0.25) is 9.59 Å². The van der Waals surface area contributed by atoms with Crippen molar-refractivity contribution >= 4 is 11.8 Å². The zero-order chi connectivity index (χ0) is 16.0. The van der Waals surface area contributed by atoms with E-state index in [0.29, 0.717) is 0 Å². The maximum Gasteiger partial charge on any atom is 0.248 e. The van der Waals surface area contributed by atoms with Gasteiger partial charge in [-0.15, -0.1) is 0 Å². The van der Waals surface area contributed by atoms with Crippen LogP contribution < -0.4 is 5.32 Å². The summed E-state index contributed by atoms with van der Waals surface area (Å²) in [5, 5.41) is 2.75. The van der Waals surface area contributed by atoms with Crippen LogP contribution in [0.25, 0.3) is 0 Å². The quantitative estimate of drug-likeness (QED) is 0.908. The Balaban J connectivity index is 2.39. The molecular weight excluding hydrogens is 271 g/mol. The van der Waals surface area contributed by atoms with Crippen LogP contribution in [-0.4, -0.2) is 27.8 Å². The molecule has 0 spiro atoms. The Kier molecular flexibility index (Phi) is 3.56. The van der Waals surface area contributed by atoms with Gasteiger partial charge in [0, 0.05) is 6.54 Å². The fraction of sp³-hybridized carbons (Fsp3) is 0.500. The number of hydrogen-bond donors (Lipinski definition) is 1.